The monoisotopic (exact) mass is 1040 g/mol. The van der Waals surface area contributed by atoms with Crippen molar-refractivity contribution in [1.82, 2.24) is 15.1 Å². The second kappa shape index (κ2) is 27.2. The van der Waals surface area contributed by atoms with Crippen molar-refractivity contribution in [2.75, 3.05) is 13.1 Å². The Bertz CT molecular complexity index is 2200. The van der Waals surface area contributed by atoms with E-state index in [0.29, 0.717) is 17.9 Å². The first kappa shape index (κ1) is 59.1. The van der Waals surface area contributed by atoms with Crippen LogP contribution in [0.1, 0.15) is 169 Å². The van der Waals surface area contributed by atoms with E-state index in [1.54, 1.807) is 0 Å². The maximum atomic E-state index is 13.8. The summed E-state index contributed by atoms with van der Waals surface area (Å²) in [6, 6.07) is 16.4. The Kier molecular flexibility index (Phi) is 21.4. The zero-order valence-electron chi connectivity index (χ0n) is 46.4. The van der Waals surface area contributed by atoms with Crippen molar-refractivity contribution in [1.29, 1.82) is 0 Å². The number of benzene rings is 2. The number of aliphatic imine (C=N–C) groups is 2. The fourth-order valence-electron chi connectivity index (χ4n) is 12.7. The molecular formula is C60H90N6O9-2. The van der Waals surface area contributed by atoms with E-state index >= 15 is 0 Å². The van der Waals surface area contributed by atoms with E-state index in [2.05, 4.69) is 29.1 Å². The maximum Gasteiger partial charge on any atom is 0.328 e. The van der Waals surface area contributed by atoms with Gasteiger partial charge in [-0.05, 0) is 123 Å². The van der Waals surface area contributed by atoms with Crippen LogP contribution in [0.3, 0.4) is 0 Å². The molecule has 3 amide bonds. The Hall–Kier alpha value is -5.18. The molecule has 15 nitrogen and oxygen atoms in total. The molecular weight excluding hydrogens is 949 g/mol. The molecule has 4 aliphatic carbocycles. The third-order valence-electron chi connectivity index (χ3n) is 17.3. The molecule has 2 saturated heterocycles. The lowest BCUT2D eigenvalue weighted by molar-refractivity contribution is -0.253. The molecule has 10 atom stereocenters. The second-order valence-corrected chi connectivity index (χ2v) is 24.7. The van der Waals surface area contributed by atoms with E-state index in [0.717, 1.165) is 100 Å². The summed E-state index contributed by atoms with van der Waals surface area (Å²) in [6.07, 6.45) is 15.6. The minimum Gasteiger partial charge on any atom is -0.596 e. The van der Waals surface area contributed by atoms with Crippen molar-refractivity contribution in [3.63, 3.8) is 0 Å². The smallest absolute Gasteiger partial charge is 0.328 e. The fraction of sp³-hybridized carbons (Fsp3) is 0.700. The number of ether oxygens (including phenoxy) is 2. The van der Waals surface area contributed by atoms with Crippen molar-refractivity contribution in [3.8, 4) is 0 Å². The average molecular weight is 1040 g/mol. The van der Waals surface area contributed by atoms with Gasteiger partial charge in [0.05, 0.1) is 6.04 Å². The molecule has 15 heteroatoms. The van der Waals surface area contributed by atoms with Crippen LogP contribution in [0, 0.1) is 46.3 Å². The Labute approximate surface area is 447 Å². The van der Waals surface area contributed by atoms with Crippen LogP contribution in [-0.2, 0) is 41.9 Å². The summed E-state index contributed by atoms with van der Waals surface area (Å²) in [5.74, 6) is 1.26. The second-order valence-electron chi connectivity index (χ2n) is 24.7. The Morgan fingerprint density at radius 2 is 1.03 bits per heavy atom. The highest BCUT2D eigenvalue weighted by Gasteiger charge is 2.48. The molecule has 0 radical (unpaired) electrons. The van der Waals surface area contributed by atoms with Gasteiger partial charge >= 0.3 is 5.97 Å². The average Bonchev–Trinajstić information content (AvgIpc) is 4.20. The standard InChI is InChI=1S/C30H45N3O4.C16H21NO4.C14H26N2O/c1-20-24-17-11-16-23(24)18-33(20)28(35)26(30(2,3)4)32-27(34)25(22-14-9-6-10-15-22)31-29(36)37-19-21-12-7-5-8-13-21;18-15(19)14(13-9-5-2-6-10-13)17-16(20)21-11-12-7-3-1-4-8-12;1-9-11-7-5-6-10(11)8-16(9)13(17)12(15)14(2,3)4/h5,7-8,12-13,20,22-26H,6,9-11,14-19H2,1-4H3,(H,31,36)(H,32,34);1,3-4,7-8,13-14H,2,5-6,9-11H2,(H,17,20)(H,18,19);9-12H,5-8,15H2,1-4H3/p-2/t20-,23+,24-,25+,26-;14-;9-,10+,11-,12-/m101/s1. The number of nitrogens with two attached hydrogens (primary N) is 1. The summed E-state index contributed by atoms with van der Waals surface area (Å²) in [5, 5.41) is 36.8. The number of rotatable bonds is 13. The van der Waals surface area contributed by atoms with E-state index in [9.17, 15) is 34.5 Å². The first-order chi connectivity index (χ1) is 35.6. The minimum atomic E-state index is -1.04. The number of carbonyl (C=O) groups is 4. The lowest BCUT2D eigenvalue weighted by atomic mass is 9.82. The van der Waals surface area contributed by atoms with E-state index < -0.39 is 41.7 Å². The van der Waals surface area contributed by atoms with Gasteiger partial charge in [-0.15, -0.1) is 0 Å². The van der Waals surface area contributed by atoms with Gasteiger partial charge in [-0.1, -0.05) is 154 Å². The van der Waals surface area contributed by atoms with Gasteiger partial charge in [-0.3, -0.25) is 24.4 Å². The Balaban J connectivity index is 0.000000202. The first-order valence-electron chi connectivity index (χ1n) is 28.4. The predicted octanol–water partition coefficient (Wildman–Crippen LogP) is 8.01. The van der Waals surface area contributed by atoms with Gasteiger partial charge < -0.3 is 45.6 Å². The Morgan fingerprint density at radius 1 is 0.613 bits per heavy atom. The van der Waals surface area contributed by atoms with Crippen LogP contribution in [-0.4, -0.2) is 100 Å². The number of carboxylic acids is 1. The molecule has 2 heterocycles. The van der Waals surface area contributed by atoms with Gasteiger partial charge in [0.25, 0.3) is 0 Å². The molecule has 0 unspecified atom stereocenters. The molecule has 6 aliphatic rings. The molecule has 75 heavy (non-hydrogen) atoms. The van der Waals surface area contributed by atoms with Crippen LogP contribution >= 0.6 is 0 Å². The van der Waals surface area contributed by atoms with Gasteiger partial charge in [0, 0.05) is 38.4 Å². The van der Waals surface area contributed by atoms with Crippen LogP contribution in [0.2, 0.25) is 0 Å². The number of carboxylic acid groups (broad SMARTS) is 1. The van der Waals surface area contributed by atoms with Gasteiger partial charge in [-0.25, -0.2) is 4.79 Å². The van der Waals surface area contributed by atoms with E-state index in [1.807, 2.05) is 112 Å². The molecule has 6 fully saturated rings. The highest BCUT2D eigenvalue weighted by molar-refractivity contribution is 5.91. The largest absolute Gasteiger partial charge is 0.596 e. The summed E-state index contributed by atoms with van der Waals surface area (Å²) in [7, 11) is 0. The number of hydrogen-bond acceptors (Lipinski definition) is 11. The highest BCUT2D eigenvalue weighted by Crippen LogP contribution is 2.44. The van der Waals surface area contributed by atoms with Crippen molar-refractivity contribution < 1.29 is 44.0 Å². The number of likely N-dealkylation sites (tertiary alicyclic amines) is 2. The summed E-state index contributed by atoms with van der Waals surface area (Å²) in [4.78, 5) is 63.4. The number of nitrogens with zero attached hydrogens (tertiary/aromatic N) is 4. The van der Waals surface area contributed by atoms with Crippen LogP contribution in [0.5, 0.6) is 0 Å². The van der Waals surface area contributed by atoms with Gasteiger partial charge in [-0.2, -0.15) is 0 Å². The third kappa shape index (κ3) is 16.4. The molecule has 2 aromatic carbocycles. The predicted molar refractivity (Wildman–Crippen MR) is 289 cm³/mol. The van der Waals surface area contributed by atoms with Crippen molar-refractivity contribution in [3.05, 3.63) is 71.8 Å². The molecule has 4 saturated carbocycles. The van der Waals surface area contributed by atoms with Gasteiger partial charge in [0.2, 0.25) is 17.7 Å². The van der Waals surface area contributed by atoms with Crippen LogP contribution < -0.4 is 21.3 Å². The van der Waals surface area contributed by atoms with E-state index in [1.165, 1.54) is 38.5 Å². The number of fused-ring (bicyclic) bond motifs is 2. The normalized spacial score (nSPS) is 26.0. The Morgan fingerprint density at radius 3 is 1.43 bits per heavy atom. The maximum absolute atomic E-state index is 13.8. The number of amides is 3. The molecule has 0 bridgehead atoms. The molecule has 8 rings (SSSR count). The number of nitrogens with one attached hydrogen (secondary N) is 1. The summed E-state index contributed by atoms with van der Waals surface area (Å²) in [5.41, 5.74) is 7.19. The SMILES string of the molecule is C[C@@H]1[C@H]2CCC[C@H]2CN1C(=O)[C@@H](N)C(C)(C)C.C[C@@H]1[C@H]2CCC[C@H]2CN1C(=O)[C@@H](NC(=O)[C@@H](N=C([O-])OCc1ccccc1)C1CCCCC1)C(C)(C)C.O=C(O)[C@@H](N=C([O-])OCc1ccccc1)C1CCCCC1. The summed E-state index contributed by atoms with van der Waals surface area (Å²) < 4.78 is 10.4. The minimum absolute atomic E-state index is 0.0169. The van der Waals surface area contributed by atoms with E-state index in [-0.39, 0.29) is 60.3 Å². The molecule has 4 N–H and O–H groups in total. The number of aliphatic carboxylic acids is 1. The first-order valence-corrected chi connectivity index (χ1v) is 28.4. The topological polar surface area (TPSA) is 222 Å². The zero-order valence-corrected chi connectivity index (χ0v) is 46.4. The van der Waals surface area contributed by atoms with Crippen LogP contribution in [0.15, 0.2) is 70.6 Å². The molecule has 2 aliphatic heterocycles. The lowest BCUT2D eigenvalue weighted by Crippen LogP contribution is -2.58. The van der Waals surface area contributed by atoms with E-state index in [4.69, 9.17) is 15.2 Å². The number of carbonyl (C=O) groups excluding carboxylic acids is 3. The van der Waals surface area contributed by atoms with Gasteiger partial charge in [0.15, 0.2) is 6.04 Å². The summed E-state index contributed by atoms with van der Waals surface area (Å²) in [6.45, 7) is 18.4. The molecule has 416 valence electrons. The summed E-state index contributed by atoms with van der Waals surface area (Å²) >= 11 is 0. The zero-order chi connectivity index (χ0) is 54.5. The molecule has 0 aromatic heterocycles. The van der Waals surface area contributed by atoms with Crippen molar-refractivity contribution in [2.45, 2.75) is 208 Å². The van der Waals surface area contributed by atoms with Gasteiger partial charge in [0.1, 0.15) is 24.3 Å². The van der Waals surface area contributed by atoms with Crippen molar-refractivity contribution >= 4 is 35.9 Å². The molecule has 0 spiro atoms. The lowest BCUT2D eigenvalue weighted by Gasteiger charge is -2.37. The van der Waals surface area contributed by atoms with Crippen LogP contribution in [0.4, 0.5) is 0 Å². The third-order valence-corrected chi connectivity index (χ3v) is 17.3. The highest BCUT2D eigenvalue weighted by atomic mass is 16.6. The quantitative estimate of drug-likeness (QED) is 0.130. The number of hydrogen-bond donors (Lipinski definition) is 3. The molecule has 2 aromatic rings. The van der Waals surface area contributed by atoms with Crippen molar-refractivity contribution in [2.24, 2.45) is 62.1 Å². The van der Waals surface area contributed by atoms with Crippen LogP contribution in [0.25, 0.3) is 0 Å². The fourth-order valence-corrected chi connectivity index (χ4v) is 12.7.